The fourth-order valence-corrected chi connectivity index (χ4v) is 2.22. The number of fused-ring (bicyclic) bond motifs is 1. The Balaban J connectivity index is 2.08. The molecule has 0 saturated carbocycles. The molecule has 0 aliphatic rings. The Hall–Kier alpha value is -2.68. The highest BCUT2D eigenvalue weighted by Gasteiger charge is 2.14. The molecule has 3 rings (SSSR count). The lowest BCUT2D eigenvalue weighted by molar-refractivity contribution is 0.103. The Morgan fingerprint density at radius 1 is 1.05 bits per heavy atom. The van der Waals surface area contributed by atoms with Crippen molar-refractivity contribution >= 4 is 16.6 Å². The number of hydrogen-bond acceptors (Lipinski definition) is 3. The van der Waals surface area contributed by atoms with Gasteiger partial charge in [-0.1, -0.05) is 36.4 Å². The highest BCUT2D eigenvalue weighted by molar-refractivity contribution is 6.12. The number of ketones is 1. The number of carbonyl (C=O) groups excluding carboxylic acids is 1. The quantitative estimate of drug-likeness (QED) is 0.679. The molecule has 1 aromatic heterocycles. The molecule has 0 aliphatic heterocycles. The Kier molecular flexibility index (Phi) is 3.17. The minimum Gasteiger partial charge on any atom is -0.494 e. The van der Waals surface area contributed by atoms with Crippen molar-refractivity contribution < 1.29 is 9.53 Å². The number of benzene rings is 2. The van der Waals surface area contributed by atoms with Gasteiger partial charge in [0.15, 0.2) is 5.78 Å². The molecule has 0 radical (unpaired) electrons. The molecular formula is C17H13NO2. The molecule has 0 bridgehead atoms. The molecule has 1 heterocycles. The average Bonchev–Trinajstić information content (AvgIpc) is 2.53. The molecule has 0 saturated heterocycles. The predicted octanol–water partition coefficient (Wildman–Crippen LogP) is 3.47. The van der Waals surface area contributed by atoms with Gasteiger partial charge in [-0.15, -0.1) is 0 Å². The first kappa shape index (κ1) is 12.4. The lowest BCUT2D eigenvalue weighted by Crippen LogP contribution is -2.04. The normalized spacial score (nSPS) is 10.4. The molecule has 20 heavy (non-hydrogen) atoms. The fraction of sp³-hybridized carbons (Fsp3) is 0.0588. The summed E-state index contributed by atoms with van der Waals surface area (Å²) in [5, 5.41) is 2.16. The van der Waals surface area contributed by atoms with Gasteiger partial charge in [-0.05, 0) is 22.9 Å². The van der Waals surface area contributed by atoms with Crippen LogP contribution in [0, 0.1) is 0 Å². The van der Waals surface area contributed by atoms with E-state index in [1.54, 1.807) is 18.5 Å². The topological polar surface area (TPSA) is 39.2 Å². The van der Waals surface area contributed by atoms with Crippen molar-refractivity contribution in [1.29, 1.82) is 0 Å². The number of carbonyl (C=O) groups is 1. The number of hydrogen-bond donors (Lipinski definition) is 0. The van der Waals surface area contributed by atoms with E-state index in [0.717, 1.165) is 10.8 Å². The number of aromatic nitrogens is 1. The lowest BCUT2D eigenvalue weighted by atomic mass is 10.0. The van der Waals surface area contributed by atoms with Crippen LogP contribution >= 0.6 is 0 Å². The Bertz CT molecular complexity index is 781. The lowest BCUT2D eigenvalue weighted by Gasteiger charge is -2.07. The Labute approximate surface area is 116 Å². The molecule has 0 fully saturated rings. The van der Waals surface area contributed by atoms with Crippen LogP contribution in [0.15, 0.2) is 60.9 Å². The second kappa shape index (κ2) is 5.13. The van der Waals surface area contributed by atoms with E-state index in [0.29, 0.717) is 16.9 Å². The van der Waals surface area contributed by atoms with Crippen LogP contribution in [-0.4, -0.2) is 17.9 Å². The van der Waals surface area contributed by atoms with Crippen molar-refractivity contribution in [3.05, 3.63) is 72.1 Å². The summed E-state index contributed by atoms with van der Waals surface area (Å²) in [6, 6.07) is 15.3. The van der Waals surface area contributed by atoms with Crippen LogP contribution in [0.2, 0.25) is 0 Å². The summed E-state index contributed by atoms with van der Waals surface area (Å²) in [6.45, 7) is 0. The van der Waals surface area contributed by atoms with Crippen molar-refractivity contribution in [2.75, 3.05) is 7.11 Å². The summed E-state index contributed by atoms with van der Waals surface area (Å²) >= 11 is 0. The summed E-state index contributed by atoms with van der Waals surface area (Å²) in [7, 11) is 1.54. The average molecular weight is 263 g/mol. The SMILES string of the molecule is COc1cnccc1C(=O)c1ccc2ccccc2c1. The third-order valence-electron chi connectivity index (χ3n) is 3.26. The highest BCUT2D eigenvalue weighted by atomic mass is 16.5. The summed E-state index contributed by atoms with van der Waals surface area (Å²) in [5.41, 5.74) is 1.17. The molecule has 0 unspecified atom stereocenters. The van der Waals surface area contributed by atoms with Gasteiger partial charge in [0.2, 0.25) is 0 Å². The van der Waals surface area contributed by atoms with Gasteiger partial charge < -0.3 is 4.74 Å². The first-order valence-electron chi connectivity index (χ1n) is 6.31. The van der Waals surface area contributed by atoms with E-state index >= 15 is 0 Å². The molecule has 0 atom stereocenters. The van der Waals surface area contributed by atoms with E-state index in [4.69, 9.17) is 4.74 Å². The predicted molar refractivity (Wildman–Crippen MR) is 78.2 cm³/mol. The van der Waals surface area contributed by atoms with Crippen LogP contribution < -0.4 is 4.74 Å². The fourth-order valence-electron chi connectivity index (χ4n) is 2.22. The zero-order valence-electron chi connectivity index (χ0n) is 11.0. The molecule has 2 aromatic carbocycles. The summed E-state index contributed by atoms with van der Waals surface area (Å²) in [4.78, 5) is 16.5. The number of pyridine rings is 1. The molecule has 98 valence electrons. The van der Waals surface area contributed by atoms with Gasteiger partial charge >= 0.3 is 0 Å². The smallest absolute Gasteiger partial charge is 0.196 e. The molecule has 0 aliphatic carbocycles. The first-order chi connectivity index (χ1) is 9.79. The molecular weight excluding hydrogens is 250 g/mol. The van der Waals surface area contributed by atoms with Crippen molar-refractivity contribution in [2.45, 2.75) is 0 Å². The molecule has 3 aromatic rings. The molecule has 3 heteroatoms. The van der Waals surface area contributed by atoms with Crippen LogP contribution in [-0.2, 0) is 0 Å². The zero-order chi connectivity index (χ0) is 13.9. The van der Waals surface area contributed by atoms with Crippen LogP contribution in [0.5, 0.6) is 5.75 Å². The first-order valence-corrected chi connectivity index (χ1v) is 6.31. The highest BCUT2D eigenvalue weighted by Crippen LogP contribution is 2.22. The zero-order valence-corrected chi connectivity index (χ0v) is 11.0. The van der Waals surface area contributed by atoms with E-state index in [-0.39, 0.29) is 5.78 Å². The van der Waals surface area contributed by atoms with E-state index in [1.807, 2.05) is 42.5 Å². The third kappa shape index (κ3) is 2.14. The maximum atomic E-state index is 12.6. The van der Waals surface area contributed by atoms with Crippen molar-refractivity contribution in [3.8, 4) is 5.75 Å². The van der Waals surface area contributed by atoms with Crippen molar-refractivity contribution in [3.63, 3.8) is 0 Å². The monoisotopic (exact) mass is 263 g/mol. The van der Waals surface area contributed by atoms with Crippen molar-refractivity contribution in [2.24, 2.45) is 0 Å². The van der Waals surface area contributed by atoms with Crippen molar-refractivity contribution in [1.82, 2.24) is 4.98 Å². The molecule has 3 nitrogen and oxygen atoms in total. The second-order valence-electron chi connectivity index (χ2n) is 4.47. The van der Waals surface area contributed by atoms with E-state index in [1.165, 1.54) is 7.11 Å². The van der Waals surface area contributed by atoms with Crippen LogP contribution in [0.25, 0.3) is 10.8 Å². The molecule has 0 N–H and O–H groups in total. The Morgan fingerprint density at radius 3 is 2.65 bits per heavy atom. The van der Waals surface area contributed by atoms with Gasteiger partial charge in [0.05, 0.1) is 18.9 Å². The van der Waals surface area contributed by atoms with Crippen LogP contribution in [0.4, 0.5) is 0 Å². The molecule has 0 amide bonds. The minimum atomic E-state index is -0.0602. The number of nitrogens with zero attached hydrogens (tertiary/aromatic N) is 1. The number of ether oxygens (including phenoxy) is 1. The molecule has 0 spiro atoms. The largest absolute Gasteiger partial charge is 0.494 e. The van der Waals surface area contributed by atoms with Gasteiger partial charge in [0.25, 0.3) is 0 Å². The van der Waals surface area contributed by atoms with Gasteiger partial charge in [-0.25, -0.2) is 0 Å². The summed E-state index contributed by atoms with van der Waals surface area (Å²) in [6.07, 6.45) is 3.14. The van der Waals surface area contributed by atoms with Gasteiger partial charge in [0, 0.05) is 11.8 Å². The maximum absolute atomic E-state index is 12.6. The van der Waals surface area contributed by atoms with Crippen LogP contribution in [0.3, 0.4) is 0 Å². The van der Waals surface area contributed by atoms with Gasteiger partial charge in [0.1, 0.15) is 5.75 Å². The van der Waals surface area contributed by atoms with Crippen LogP contribution in [0.1, 0.15) is 15.9 Å². The van der Waals surface area contributed by atoms with E-state index in [9.17, 15) is 4.79 Å². The minimum absolute atomic E-state index is 0.0602. The number of rotatable bonds is 3. The number of methoxy groups -OCH3 is 1. The third-order valence-corrected chi connectivity index (χ3v) is 3.26. The standard InChI is InChI=1S/C17H13NO2/c1-20-16-11-18-9-8-15(16)17(19)14-7-6-12-4-2-3-5-13(12)10-14/h2-11H,1H3. The van der Waals surface area contributed by atoms with Gasteiger partial charge in [-0.2, -0.15) is 0 Å². The Morgan fingerprint density at radius 2 is 1.85 bits per heavy atom. The van der Waals surface area contributed by atoms with E-state index in [2.05, 4.69) is 4.98 Å². The van der Waals surface area contributed by atoms with Gasteiger partial charge in [-0.3, -0.25) is 9.78 Å². The van der Waals surface area contributed by atoms with E-state index < -0.39 is 0 Å². The second-order valence-corrected chi connectivity index (χ2v) is 4.47. The summed E-state index contributed by atoms with van der Waals surface area (Å²) < 4.78 is 5.19. The maximum Gasteiger partial charge on any atom is 0.196 e. The summed E-state index contributed by atoms with van der Waals surface area (Å²) in [5.74, 6) is 0.431.